The van der Waals surface area contributed by atoms with Crippen LogP contribution in [0.15, 0.2) is 30.3 Å². The average molecular weight is 497 g/mol. The van der Waals surface area contributed by atoms with E-state index < -0.39 is 54.5 Å². The number of aliphatic hydroxyl groups excluding tert-OH is 1. The lowest BCUT2D eigenvalue weighted by Gasteiger charge is -2.26. The molecule has 0 bridgehead atoms. The van der Waals surface area contributed by atoms with Gasteiger partial charge in [-0.25, -0.2) is 4.79 Å². The predicted molar refractivity (Wildman–Crippen MR) is 131 cm³/mol. The maximum absolute atomic E-state index is 13.1. The highest BCUT2D eigenvalue weighted by Gasteiger charge is 2.30. The van der Waals surface area contributed by atoms with E-state index in [0.717, 1.165) is 5.56 Å². The highest BCUT2D eigenvalue weighted by Crippen LogP contribution is 2.09. The van der Waals surface area contributed by atoms with E-state index in [-0.39, 0.29) is 12.3 Å². The first kappa shape index (κ1) is 29.4. The van der Waals surface area contributed by atoms with E-state index in [1.807, 2.05) is 20.1 Å². The summed E-state index contributed by atoms with van der Waals surface area (Å²) in [4.78, 5) is 49.7. The van der Waals surface area contributed by atoms with Gasteiger partial charge in [-0.2, -0.15) is 11.8 Å². The van der Waals surface area contributed by atoms with Crippen LogP contribution in [0.4, 0.5) is 0 Å². The monoisotopic (exact) mass is 496 g/mol. The number of carbonyl (C=O) groups excluding carboxylic acids is 3. The molecule has 11 heteroatoms. The largest absolute Gasteiger partial charge is 0.480 e. The van der Waals surface area contributed by atoms with Crippen molar-refractivity contribution >= 4 is 35.5 Å². The molecule has 3 amide bonds. The minimum absolute atomic E-state index is 0.0608. The van der Waals surface area contributed by atoms with Gasteiger partial charge in [0.1, 0.15) is 18.1 Å². The summed E-state index contributed by atoms with van der Waals surface area (Å²) in [6, 6.07) is 4.57. The van der Waals surface area contributed by atoms with Crippen LogP contribution >= 0.6 is 11.8 Å². The third-order valence-electron chi connectivity index (χ3n) is 5.02. The summed E-state index contributed by atoms with van der Waals surface area (Å²) in [6.45, 7) is 2.99. The van der Waals surface area contributed by atoms with E-state index in [2.05, 4.69) is 16.0 Å². The van der Waals surface area contributed by atoms with Gasteiger partial charge >= 0.3 is 5.97 Å². The lowest BCUT2D eigenvalue weighted by Crippen LogP contribution is -2.58. The molecule has 0 radical (unpaired) electrons. The molecule has 10 nitrogen and oxygen atoms in total. The lowest BCUT2D eigenvalue weighted by molar-refractivity contribution is -0.143. The number of rotatable bonds is 15. The molecule has 0 fully saturated rings. The van der Waals surface area contributed by atoms with E-state index >= 15 is 0 Å². The zero-order valence-electron chi connectivity index (χ0n) is 19.8. The Balaban J connectivity index is 3.04. The number of hydrogen-bond donors (Lipinski definition) is 6. The molecule has 4 unspecified atom stereocenters. The number of thioether (sulfide) groups is 1. The van der Waals surface area contributed by atoms with Gasteiger partial charge < -0.3 is 31.9 Å². The standard InChI is InChI=1S/C23H36N4O6S/c1-14(2)11-17(25-20(29)16(24)9-10-34-3)21(30)26-18(12-15-7-5-4-6-8-15)22(31)27-19(13-28)23(32)33/h4-8,14,16-19,28H,9-13,24H2,1-3H3,(H,25,29)(H,26,30)(H,27,31)(H,32,33). The fourth-order valence-corrected chi connectivity index (χ4v) is 3.64. The molecule has 7 N–H and O–H groups in total. The Hall–Kier alpha value is -2.63. The van der Waals surface area contributed by atoms with E-state index in [4.69, 9.17) is 10.8 Å². The molecule has 0 heterocycles. The van der Waals surface area contributed by atoms with Gasteiger partial charge in [-0.05, 0) is 36.3 Å². The van der Waals surface area contributed by atoms with Crippen LogP contribution in [0.2, 0.25) is 0 Å². The molecule has 1 aromatic rings. The SMILES string of the molecule is CSCCC(N)C(=O)NC(CC(C)C)C(=O)NC(Cc1ccccc1)C(=O)NC(CO)C(=O)O. The normalized spacial score (nSPS) is 14.5. The summed E-state index contributed by atoms with van der Waals surface area (Å²) in [6.07, 6.45) is 2.77. The Morgan fingerprint density at radius 2 is 1.50 bits per heavy atom. The average Bonchev–Trinajstić information content (AvgIpc) is 2.79. The van der Waals surface area contributed by atoms with Crippen molar-refractivity contribution < 1.29 is 29.4 Å². The molecule has 1 aromatic carbocycles. The lowest BCUT2D eigenvalue weighted by atomic mass is 10.0. The first-order valence-electron chi connectivity index (χ1n) is 11.1. The van der Waals surface area contributed by atoms with Crippen molar-refractivity contribution in [3.05, 3.63) is 35.9 Å². The summed E-state index contributed by atoms with van der Waals surface area (Å²) in [7, 11) is 0. The number of amides is 3. The summed E-state index contributed by atoms with van der Waals surface area (Å²) < 4.78 is 0. The van der Waals surface area contributed by atoms with Crippen molar-refractivity contribution in [2.75, 3.05) is 18.6 Å². The number of aliphatic carboxylic acids is 1. The van der Waals surface area contributed by atoms with Crippen LogP contribution in [0.1, 0.15) is 32.3 Å². The van der Waals surface area contributed by atoms with Gasteiger partial charge in [0.25, 0.3) is 0 Å². The Morgan fingerprint density at radius 1 is 0.941 bits per heavy atom. The number of aliphatic hydroxyl groups is 1. The molecule has 0 aliphatic rings. The van der Waals surface area contributed by atoms with Gasteiger partial charge in [0.2, 0.25) is 17.7 Å². The van der Waals surface area contributed by atoms with Crippen molar-refractivity contribution in [2.24, 2.45) is 11.7 Å². The second kappa shape index (κ2) is 15.3. The molecular weight excluding hydrogens is 460 g/mol. The number of carbonyl (C=O) groups is 4. The minimum Gasteiger partial charge on any atom is -0.480 e. The molecule has 4 atom stereocenters. The van der Waals surface area contributed by atoms with Crippen LogP contribution in [0.5, 0.6) is 0 Å². The second-order valence-corrected chi connectivity index (χ2v) is 9.40. The molecule has 1 rings (SSSR count). The van der Waals surface area contributed by atoms with E-state index in [0.29, 0.717) is 18.6 Å². The third-order valence-corrected chi connectivity index (χ3v) is 5.67. The molecule has 0 aliphatic heterocycles. The van der Waals surface area contributed by atoms with Crippen molar-refractivity contribution in [1.82, 2.24) is 16.0 Å². The fourth-order valence-electron chi connectivity index (χ4n) is 3.15. The van der Waals surface area contributed by atoms with Crippen LogP contribution in [0.3, 0.4) is 0 Å². The van der Waals surface area contributed by atoms with Crippen LogP contribution in [0, 0.1) is 5.92 Å². The van der Waals surface area contributed by atoms with Crippen LogP contribution in [-0.4, -0.2) is 76.7 Å². The highest BCUT2D eigenvalue weighted by molar-refractivity contribution is 7.98. The zero-order valence-corrected chi connectivity index (χ0v) is 20.6. The molecule has 0 aliphatic carbocycles. The number of nitrogens with two attached hydrogens (primary N) is 1. The molecule has 0 saturated heterocycles. The number of carboxylic acids is 1. The summed E-state index contributed by atoms with van der Waals surface area (Å²) in [5, 5.41) is 26.0. The molecular formula is C23H36N4O6S. The number of nitrogens with one attached hydrogen (secondary N) is 3. The van der Waals surface area contributed by atoms with E-state index in [1.54, 1.807) is 42.1 Å². The van der Waals surface area contributed by atoms with E-state index in [9.17, 15) is 24.3 Å². The Morgan fingerprint density at radius 3 is 2.03 bits per heavy atom. The van der Waals surface area contributed by atoms with Crippen LogP contribution < -0.4 is 21.7 Å². The first-order valence-corrected chi connectivity index (χ1v) is 12.5. The van der Waals surface area contributed by atoms with Crippen molar-refractivity contribution in [2.45, 2.75) is 57.3 Å². The van der Waals surface area contributed by atoms with Gasteiger partial charge in [0, 0.05) is 6.42 Å². The maximum atomic E-state index is 13.1. The fraction of sp³-hybridized carbons (Fsp3) is 0.565. The van der Waals surface area contributed by atoms with Crippen molar-refractivity contribution in [3.63, 3.8) is 0 Å². The Labute approximate surface area is 204 Å². The van der Waals surface area contributed by atoms with Crippen LogP contribution in [0.25, 0.3) is 0 Å². The highest BCUT2D eigenvalue weighted by atomic mass is 32.2. The van der Waals surface area contributed by atoms with Gasteiger partial charge in [-0.3, -0.25) is 14.4 Å². The number of hydrogen-bond acceptors (Lipinski definition) is 7. The predicted octanol–water partition coefficient (Wildman–Crippen LogP) is -0.113. The smallest absolute Gasteiger partial charge is 0.328 e. The first-order chi connectivity index (χ1) is 16.1. The number of carboxylic acid groups (broad SMARTS) is 1. The zero-order chi connectivity index (χ0) is 25.7. The third kappa shape index (κ3) is 10.5. The van der Waals surface area contributed by atoms with Crippen molar-refractivity contribution in [1.29, 1.82) is 0 Å². The summed E-state index contributed by atoms with van der Waals surface area (Å²) >= 11 is 1.56. The molecule has 190 valence electrons. The molecule has 0 spiro atoms. The van der Waals surface area contributed by atoms with Gasteiger partial charge in [-0.1, -0.05) is 44.2 Å². The van der Waals surface area contributed by atoms with Crippen molar-refractivity contribution in [3.8, 4) is 0 Å². The quantitative estimate of drug-likeness (QED) is 0.195. The Bertz CT molecular complexity index is 808. The summed E-state index contributed by atoms with van der Waals surface area (Å²) in [5.74, 6) is -2.43. The minimum atomic E-state index is -1.51. The van der Waals surface area contributed by atoms with Gasteiger partial charge in [0.05, 0.1) is 12.6 Å². The molecule has 0 saturated carbocycles. The maximum Gasteiger partial charge on any atom is 0.328 e. The molecule has 0 aromatic heterocycles. The second-order valence-electron chi connectivity index (χ2n) is 8.41. The summed E-state index contributed by atoms with van der Waals surface area (Å²) in [5.41, 5.74) is 6.67. The topological polar surface area (TPSA) is 171 Å². The Kier molecular flexibility index (Phi) is 13.2. The number of benzene rings is 1. The van der Waals surface area contributed by atoms with Gasteiger partial charge in [0.15, 0.2) is 0 Å². The van der Waals surface area contributed by atoms with Crippen LogP contribution in [-0.2, 0) is 25.6 Å². The van der Waals surface area contributed by atoms with Gasteiger partial charge in [-0.15, -0.1) is 0 Å². The van der Waals surface area contributed by atoms with E-state index in [1.165, 1.54) is 0 Å². The molecule has 34 heavy (non-hydrogen) atoms.